The Morgan fingerprint density at radius 2 is 2.05 bits per heavy atom. The summed E-state index contributed by atoms with van der Waals surface area (Å²) in [6, 6.07) is 3.96. The van der Waals surface area contributed by atoms with E-state index in [9.17, 15) is 4.79 Å². The smallest absolute Gasteiger partial charge is 0.256 e. The summed E-state index contributed by atoms with van der Waals surface area (Å²) in [6.45, 7) is 8.27. The molecule has 1 saturated heterocycles. The number of pyridine rings is 2. The van der Waals surface area contributed by atoms with Gasteiger partial charge in [0.1, 0.15) is 16.3 Å². The number of fused-ring (bicyclic) bond motifs is 5. The molecule has 2 aliphatic rings. The lowest BCUT2D eigenvalue weighted by atomic mass is 9.99. The molecular formula is C28H32N8OS. The molecule has 38 heavy (non-hydrogen) atoms. The van der Waals surface area contributed by atoms with Crippen molar-refractivity contribution in [2.75, 3.05) is 38.1 Å². The van der Waals surface area contributed by atoms with Crippen LogP contribution < -0.4 is 15.6 Å². The topological polar surface area (TPSA) is 103 Å². The van der Waals surface area contributed by atoms with Crippen molar-refractivity contribution in [2.45, 2.75) is 39.2 Å². The highest BCUT2D eigenvalue weighted by Crippen LogP contribution is 2.38. The Kier molecular flexibility index (Phi) is 6.45. The lowest BCUT2D eigenvalue weighted by molar-refractivity contribution is 0.0950. The molecule has 0 spiro atoms. The molecular weight excluding hydrogens is 496 g/mol. The maximum absolute atomic E-state index is 13.6. The van der Waals surface area contributed by atoms with E-state index in [2.05, 4.69) is 55.6 Å². The van der Waals surface area contributed by atoms with E-state index in [0.29, 0.717) is 22.6 Å². The number of likely N-dealkylation sites (N-methyl/N-ethyl adjacent to an activating group) is 1. The SMILES string of the molecule is Cc1cnc(CNC(=O)c2c(=N)c3ccc(N4CCCN(C)CC4)nc3n3c4c(sc23)C(C)CC=C4)cn1. The molecule has 5 heterocycles. The predicted molar refractivity (Wildman–Crippen MR) is 151 cm³/mol. The highest BCUT2D eigenvalue weighted by atomic mass is 32.1. The zero-order valence-electron chi connectivity index (χ0n) is 22.0. The van der Waals surface area contributed by atoms with E-state index < -0.39 is 0 Å². The van der Waals surface area contributed by atoms with Crippen LogP contribution >= 0.6 is 11.3 Å². The summed E-state index contributed by atoms with van der Waals surface area (Å²) in [6.07, 6.45) is 9.73. The largest absolute Gasteiger partial charge is 0.355 e. The summed E-state index contributed by atoms with van der Waals surface area (Å²) in [5.74, 6) is 0.975. The third kappa shape index (κ3) is 4.37. The molecule has 4 aromatic rings. The standard InChI is InChI=1S/C28H32N8OS/c1-17-6-4-7-21-25(17)38-28-23(27(37)32-16-19-15-30-18(2)14-31-19)24(29)20-8-9-22(33-26(20)36(21)28)35-11-5-10-34(3)12-13-35/h4,7-9,14-15,17,29H,5-6,10-13,16H2,1-3H3,(H,32,37). The molecule has 1 aliphatic heterocycles. The van der Waals surface area contributed by atoms with Crippen molar-refractivity contribution in [1.29, 1.82) is 5.41 Å². The third-order valence-electron chi connectivity index (χ3n) is 7.46. The average Bonchev–Trinajstić information content (AvgIpc) is 3.17. The van der Waals surface area contributed by atoms with Crippen LogP contribution in [-0.4, -0.2) is 63.4 Å². The number of carbonyl (C=O) groups excluding carboxylic acids is 1. The summed E-state index contributed by atoms with van der Waals surface area (Å²) in [5.41, 5.74) is 3.68. The summed E-state index contributed by atoms with van der Waals surface area (Å²) < 4.78 is 2.10. The van der Waals surface area contributed by atoms with Gasteiger partial charge in [-0.1, -0.05) is 13.0 Å². The number of hydrogen-bond acceptors (Lipinski definition) is 8. The van der Waals surface area contributed by atoms with E-state index in [1.54, 1.807) is 23.7 Å². The van der Waals surface area contributed by atoms with Crippen LogP contribution in [-0.2, 0) is 6.54 Å². The molecule has 1 amide bonds. The Bertz CT molecular complexity index is 1620. The number of allylic oxidation sites excluding steroid dienone is 1. The van der Waals surface area contributed by atoms with Crippen molar-refractivity contribution >= 4 is 45.0 Å². The zero-order chi connectivity index (χ0) is 26.4. The molecule has 196 valence electrons. The van der Waals surface area contributed by atoms with Gasteiger partial charge < -0.3 is 15.1 Å². The number of anilines is 1. The van der Waals surface area contributed by atoms with Gasteiger partial charge in [0.2, 0.25) is 0 Å². The van der Waals surface area contributed by atoms with Gasteiger partial charge in [-0.3, -0.25) is 24.6 Å². The van der Waals surface area contributed by atoms with Gasteiger partial charge in [-0.15, -0.1) is 11.3 Å². The van der Waals surface area contributed by atoms with Gasteiger partial charge >= 0.3 is 0 Å². The molecule has 1 aliphatic carbocycles. The van der Waals surface area contributed by atoms with Gasteiger partial charge in [0.25, 0.3) is 5.91 Å². The highest BCUT2D eigenvalue weighted by Gasteiger charge is 2.26. The van der Waals surface area contributed by atoms with Crippen LogP contribution in [0.2, 0.25) is 0 Å². The average molecular weight is 529 g/mol. The van der Waals surface area contributed by atoms with Crippen LogP contribution in [0.5, 0.6) is 0 Å². The Morgan fingerprint density at radius 3 is 2.87 bits per heavy atom. The summed E-state index contributed by atoms with van der Waals surface area (Å²) >= 11 is 1.60. The van der Waals surface area contributed by atoms with E-state index in [0.717, 1.165) is 66.7 Å². The molecule has 2 N–H and O–H groups in total. The molecule has 1 atom stereocenters. The van der Waals surface area contributed by atoms with Gasteiger partial charge in [-0.25, -0.2) is 4.98 Å². The number of rotatable bonds is 4. The second-order valence-corrected chi connectivity index (χ2v) is 11.3. The number of thiazole rings is 1. The molecule has 0 bridgehead atoms. The van der Waals surface area contributed by atoms with E-state index >= 15 is 0 Å². The molecule has 10 heteroatoms. The first kappa shape index (κ1) is 24.7. The van der Waals surface area contributed by atoms with Gasteiger partial charge in [-0.2, -0.15) is 0 Å². The molecule has 1 unspecified atom stereocenters. The van der Waals surface area contributed by atoms with E-state index in [1.165, 1.54) is 4.88 Å². The Hall–Kier alpha value is -3.63. The van der Waals surface area contributed by atoms with E-state index in [1.807, 2.05) is 19.1 Å². The Morgan fingerprint density at radius 1 is 1.18 bits per heavy atom. The minimum Gasteiger partial charge on any atom is -0.355 e. The second-order valence-electron chi connectivity index (χ2n) is 10.3. The molecule has 0 radical (unpaired) electrons. The van der Waals surface area contributed by atoms with Crippen LogP contribution in [0.4, 0.5) is 5.82 Å². The first-order valence-corrected chi connectivity index (χ1v) is 13.9. The molecule has 0 aromatic carbocycles. The zero-order valence-corrected chi connectivity index (χ0v) is 22.8. The van der Waals surface area contributed by atoms with E-state index in [-0.39, 0.29) is 17.8 Å². The van der Waals surface area contributed by atoms with Crippen LogP contribution in [0, 0.1) is 12.3 Å². The maximum Gasteiger partial charge on any atom is 0.256 e. The van der Waals surface area contributed by atoms with Crippen molar-refractivity contribution in [3.05, 3.63) is 63.5 Å². The normalized spacial score (nSPS) is 18.1. The first-order valence-electron chi connectivity index (χ1n) is 13.1. The fourth-order valence-electron chi connectivity index (χ4n) is 5.27. The Labute approximate surface area is 225 Å². The van der Waals surface area contributed by atoms with E-state index in [4.69, 9.17) is 10.4 Å². The minimum absolute atomic E-state index is 0.206. The van der Waals surface area contributed by atoms with Gasteiger partial charge in [0, 0.05) is 36.1 Å². The van der Waals surface area contributed by atoms with Crippen molar-refractivity contribution < 1.29 is 4.79 Å². The number of nitrogens with zero attached hydrogens (tertiary/aromatic N) is 6. The van der Waals surface area contributed by atoms with Gasteiger partial charge in [0.15, 0.2) is 0 Å². The van der Waals surface area contributed by atoms with Crippen molar-refractivity contribution in [2.24, 2.45) is 0 Å². The monoisotopic (exact) mass is 528 g/mol. The minimum atomic E-state index is -0.286. The fraction of sp³-hybridized carbons (Fsp3) is 0.393. The number of aryl methyl sites for hydroxylation is 1. The highest BCUT2D eigenvalue weighted by molar-refractivity contribution is 7.18. The van der Waals surface area contributed by atoms with Crippen molar-refractivity contribution in [3.8, 4) is 0 Å². The quantitative estimate of drug-likeness (QED) is 0.419. The lowest BCUT2D eigenvalue weighted by Gasteiger charge is -2.22. The number of nitrogens with one attached hydrogen (secondary N) is 2. The fourth-order valence-corrected chi connectivity index (χ4v) is 6.62. The van der Waals surface area contributed by atoms with Crippen LogP contribution in [0.1, 0.15) is 58.0 Å². The molecule has 6 rings (SSSR count). The molecule has 9 nitrogen and oxygen atoms in total. The van der Waals surface area contributed by atoms with Crippen LogP contribution in [0.15, 0.2) is 30.6 Å². The van der Waals surface area contributed by atoms with Crippen LogP contribution in [0.3, 0.4) is 0 Å². The molecule has 0 saturated carbocycles. The van der Waals surface area contributed by atoms with Crippen molar-refractivity contribution in [3.63, 3.8) is 0 Å². The molecule has 1 fully saturated rings. The number of amides is 1. The summed E-state index contributed by atoms with van der Waals surface area (Å²) in [5, 5.41) is 13.0. The first-order chi connectivity index (χ1) is 18.4. The van der Waals surface area contributed by atoms with Crippen molar-refractivity contribution in [1.82, 2.24) is 29.6 Å². The second kappa shape index (κ2) is 9.92. The number of aromatic nitrogens is 4. The predicted octanol–water partition coefficient (Wildman–Crippen LogP) is 3.72. The summed E-state index contributed by atoms with van der Waals surface area (Å²) in [4.78, 5) is 34.0. The Balaban J connectivity index is 1.49. The van der Waals surface area contributed by atoms with Gasteiger partial charge in [0.05, 0.1) is 40.7 Å². The van der Waals surface area contributed by atoms with Crippen LogP contribution in [0.25, 0.3) is 21.9 Å². The maximum atomic E-state index is 13.6. The number of hydrogen-bond donors (Lipinski definition) is 2. The number of carbonyl (C=O) groups is 1. The third-order valence-corrected chi connectivity index (χ3v) is 8.87. The lowest BCUT2D eigenvalue weighted by Crippen LogP contribution is -2.31. The summed E-state index contributed by atoms with van der Waals surface area (Å²) in [7, 11) is 2.16. The molecule has 4 aromatic heterocycles. The van der Waals surface area contributed by atoms with Gasteiger partial charge in [-0.05, 0) is 57.5 Å².